The highest BCUT2D eigenvalue weighted by Crippen LogP contribution is 2.28. The van der Waals surface area contributed by atoms with Crippen LogP contribution < -0.4 is 4.74 Å². The van der Waals surface area contributed by atoms with Crippen LogP contribution in [0.2, 0.25) is 0 Å². The molecule has 1 fully saturated rings. The van der Waals surface area contributed by atoms with E-state index in [1.807, 2.05) is 30.0 Å². The third kappa shape index (κ3) is 2.61. The lowest BCUT2D eigenvalue weighted by atomic mass is 10.1. The lowest BCUT2D eigenvalue weighted by Crippen LogP contribution is -2.30. The average molecular weight is 268 g/mol. The van der Waals surface area contributed by atoms with Gasteiger partial charge in [-0.3, -0.25) is 4.79 Å². The number of hydrogen-bond donors (Lipinski definition) is 0. The van der Waals surface area contributed by atoms with Crippen molar-refractivity contribution < 1.29 is 9.53 Å². The number of carbonyl (C=O) groups excluding carboxylic acids is 1. The van der Waals surface area contributed by atoms with Crippen molar-refractivity contribution in [1.82, 2.24) is 4.90 Å². The minimum atomic E-state index is -0.590. The van der Waals surface area contributed by atoms with Gasteiger partial charge >= 0.3 is 0 Å². The standard InChI is InChI=1S/C14H18ClNO2/c1-10-9-11(5-6-12(10)18-2)13(15)14(17)16-7-3-4-8-16/h5-6,9,13H,3-4,7-8H2,1-2H3. The number of nitrogens with zero attached hydrogens (tertiary/aromatic N) is 1. The van der Waals surface area contributed by atoms with Crippen molar-refractivity contribution in [3.63, 3.8) is 0 Å². The second-order valence-electron chi connectivity index (χ2n) is 4.62. The summed E-state index contributed by atoms with van der Waals surface area (Å²) in [5.74, 6) is 0.829. The van der Waals surface area contributed by atoms with Crippen molar-refractivity contribution in [3.8, 4) is 5.75 Å². The predicted octanol–water partition coefficient (Wildman–Crippen LogP) is 2.91. The molecule has 0 N–H and O–H groups in total. The van der Waals surface area contributed by atoms with E-state index in [2.05, 4.69) is 0 Å². The maximum atomic E-state index is 12.2. The molecule has 1 aromatic carbocycles. The molecule has 3 nitrogen and oxygen atoms in total. The van der Waals surface area contributed by atoms with E-state index in [1.54, 1.807) is 7.11 Å². The van der Waals surface area contributed by atoms with Crippen molar-refractivity contribution in [2.45, 2.75) is 25.1 Å². The fraction of sp³-hybridized carbons (Fsp3) is 0.500. The second kappa shape index (κ2) is 5.61. The van der Waals surface area contributed by atoms with Gasteiger partial charge in [-0.25, -0.2) is 0 Å². The highest BCUT2D eigenvalue weighted by Gasteiger charge is 2.26. The zero-order chi connectivity index (χ0) is 13.1. The van der Waals surface area contributed by atoms with Crippen LogP contribution in [-0.4, -0.2) is 31.0 Å². The van der Waals surface area contributed by atoms with Crippen LogP contribution >= 0.6 is 11.6 Å². The van der Waals surface area contributed by atoms with Gasteiger partial charge < -0.3 is 9.64 Å². The fourth-order valence-corrected chi connectivity index (χ4v) is 2.57. The third-order valence-corrected chi connectivity index (χ3v) is 3.78. The molecule has 2 rings (SSSR count). The van der Waals surface area contributed by atoms with E-state index >= 15 is 0 Å². The first-order valence-corrected chi connectivity index (χ1v) is 6.64. The minimum Gasteiger partial charge on any atom is -0.496 e. The zero-order valence-electron chi connectivity index (χ0n) is 10.8. The topological polar surface area (TPSA) is 29.5 Å². The van der Waals surface area contributed by atoms with E-state index in [0.29, 0.717) is 0 Å². The van der Waals surface area contributed by atoms with Crippen molar-refractivity contribution in [2.75, 3.05) is 20.2 Å². The molecule has 0 saturated carbocycles. The summed E-state index contributed by atoms with van der Waals surface area (Å²) in [7, 11) is 1.63. The Morgan fingerprint density at radius 1 is 1.39 bits per heavy atom. The van der Waals surface area contributed by atoms with Crippen LogP contribution in [0.4, 0.5) is 0 Å². The Morgan fingerprint density at radius 3 is 2.61 bits per heavy atom. The van der Waals surface area contributed by atoms with Gasteiger partial charge in [0.05, 0.1) is 7.11 Å². The number of hydrogen-bond acceptors (Lipinski definition) is 2. The third-order valence-electron chi connectivity index (χ3n) is 3.35. The van der Waals surface area contributed by atoms with Gasteiger partial charge in [-0.15, -0.1) is 11.6 Å². The normalized spacial score (nSPS) is 16.7. The van der Waals surface area contributed by atoms with Gasteiger partial charge in [0.2, 0.25) is 5.91 Å². The maximum Gasteiger partial charge on any atom is 0.245 e. The van der Waals surface area contributed by atoms with Crippen molar-refractivity contribution >= 4 is 17.5 Å². The number of halogens is 1. The summed E-state index contributed by atoms with van der Waals surface area (Å²) in [5, 5.41) is -0.590. The summed E-state index contributed by atoms with van der Waals surface area (Å²) in [6.07, 6.45) is 2.16. The summed E-state index contributed by atoms with van der Waals surface area (Å²) in [6, 6.07) is 5.64. The first-order valence-electron chi connectivity index (χ1n) is 6.21. The molecule has 1 unspecified atom stereocenters. The molecule has 0 spiro atoms. The summed E-state index contributed by atoms with van der Waals surface area (Å²) in [6.45, 7) is 3.61. The Morgan fingerprint density at radius 2 is 2.06 bits per heavy atom. The largest absolute Gasteiger partial charge is 0.496 e. The Bertz CT molecular complexity index is 441. The quantitative estimate of drug-likeness (QED) is 0.788. The molecule has 0 bridgehead atoms. The molecule has 4 heteroatoms. The van der Waals surface area contributed by atoms with Crippen molar-refractivity contribution in [3.05, 3.63) is 29.3 Å². The number of alkyl halides is 1. The van der Waals surface area contributed by atoms with E-state index < -0.39 is 5.38 Å². The molecular formula is C14H18ClNO2. The number of benzene rings is 1. The summed E-state index contributed by atoms with van der Waals surface area (Å²) in [5.41, 5.74) is 1.83. The highest BCUT2D eigenvalue weighted by molar-refractivity contribution is 6.30. The molecule has 1 aromatic rings. The van der Waals surface area contributed by atoms with Crippen LogP contribution in [0.25, 0.3) is 0 Å². The van der Waals surface area contributed by atoms with Crippen LogP contribution in [0, 0.1) is 6.92 Å². The van der Waals surface area contributed by atoms with Gasteiger partial charge in [0.1, 0.15) is 11.1 Å². The molecule has 1 aliphatic rings. The van der Waals surface area contributed by atoms with E-state index in [4.69, 9.17) is 16.3 Å². The molecule has 1 amide bonds. The van der Waals surface area contributed by atoms with Gasteiger partial charge in [-0.2, -0.15) is 0 Å². The van der Waals surface area contributed by atoms with Gasteiger partial charge in [0.15, 0.2) is 0 Å². The molecule has 18 heavy (non-hydrogen) atoms. The molecule has 1 aliphatic heterocycles. The smallest absolute Gasteiger partial charge is 0.245 e. The molecule has 1 atom stereocenters. The van der Waals surface area contributed by atoms with E-state index in [-0.39, 0.29) is 5.91 Å². The van der Waals surface area contributed by atoms with Crippen LogP contribution in [0.15, 0.2) is 18.2 Å². The van der Waals surface area contributed by atoms with E-state index in [1.165, 1.54) is 0 Å². The maximum absolute atomic E-state index is 12.2. The minimum absolute atomic E-state index is 0.0127. The van der Waals surface area contributed by atoms with Crippen LogP contribution in [0.3, 0.4) is 0 Å². The lowest BCUT2D eigenvalue weighted by molar-refractivity contribution is -0.129. The Kier molecular flexibility index (Phi) is 4.12. The zero-order valence-corrected chi connectivity index (χ0v) is 11.5. The summed E-state index contributed by atoms with van der Waals surface area (Å²) < 4.78 is 5.20. The monoisotopic (exact) mass is 267 g/mol. The average Bonchev–Trinajstić information content (AvgIpc) is 2.90. The van der Waals surface area contributed by atoms with Gasteiger partial charge in [0, 0.05) is 13.1 Å². The fourth-order valence-electron chi connectivity index (χ4n) is 2.30. The molecule has 1 heterocycles. The van der Waals surface area contributed by atoms with Crippen LogP contribution in [0.1, 0.15) is 29.3 Å². The van der Waals surface area contributed by atoms with Crippen LogP contribution in [0.5, 0.6) is 5.75 Å². The van der Waals surface area contributed by atoms with Crippen molar-refractivity contribution in [2.24, 2.45) is 0 Å². The summed E-state index contributed by atoms with van der Waals surface area (Å²) in [4.78, 5) is 14.0. The number of rotatable bonds is 3. The first kappa shape index (κ1) is 13.2. The molecule has 98 valence electrons. The lowest BCUT2D eigenvalue weighted by Gasteiger charge is -2.19. The molecule has 0 aliphatic carbocycles. The van der Waals surface area contributed by atoms with Gasteiger partial charge in [-0.1, -0.05) is 12.1 Å². The number of aryl methyl sites for hydroxylation is 1. The molecular weight excluding hydrogens is 250 g/mol. The Balaban J connectivity index is 2.15. The number of amides is 1. The van der Waals surface area contributed by atoms with E-state index in [0.717, 1.165) is 42.8 Å². The van der Waals surface area contributed by atoms with Gasteiger partial charge in [0.25, 0.3) is 0 Å². The number of ether oxygens (including phenoxy) is 1. The van der Waals surface area contributed by atoms with Gasteiger partial charge in [-0.05, 0) is 37.0 Å². The van der Waals surface area contributed by atoms with E-state index in [9.17, 15) is 4.79 Å². The Hall–Kier alpha value is -1.22. The van der Waals surface area contributed by atoms with Crippen LogP contribution in [-0.2, 0) is 4.79 Å². The van der Waals surface area contributed by atoms with Crippen molar-refractivity contribution in [1.29, 1.82) is 0 Å². The second-order valence-corrected chi connectivity index (χ2v) is 5.06. The molecule has 0 radical (unpaired) electrons. The number of methoxy groups -OCH3 is 1. The highest BCUT2D eigenvalue weighted by atomic mass is 35.5. The SMILES string of the molecule is COc1ccc(C(Cl)C(=O)N2CCCC2)cc1C. The first-order chi connectivity index (χ1) is 8.63. The predicted molar refractivity (Wildman–Crippen MR) is 72.1 cm³/mol. The molecule has 1 saturated heterocycles. The summed E-state index contributed by atoms with van der Waals surface area (Å²) >= 11 is 6.27. The molecule has 0 aromatic heterocycles. The number of likely N-dealkylation sites (tertiary alicyclic amines) is 1. The Labute approximate surface area is 113 Å². The number of carbonyl (C=O) groups is 1.